The number of methoxy groups -OCH3 is 1. The van der Waals surface area contributed by atoms with Crippen molar-refractivity contribution in [3.8, 4) is 11.5 Å². The molecule has 134 valence electrons. The van der Waals surface area contributed by atoms with Crippen LogP contribution in [0.25, 0.3) is 10.9 Å². The van der Waals surface area contributed by atoms with E-state index < -0.39 is 0 Å². The Morgan fingerprint density at radius 2 is 1.88 bits per heavy atom. The number of hydrogen-bond acceptors (Lipinski definition) is 6. The Labute approximate surface area is 150 Å². The van der Waals surface area contributed by atoms with Crippen LogP contribution < -0.4 is 14.8 Å². The Bertz CT molecular complexity index is 897. The smallest absolute Gasteiger partial charge is 0.301 e. The first-order valence-electron chi connectivity index (χ1n) is 8.22. The highest BCUT2D eigenvalue weighted by Gasteiger charge is 2.18. The number of benzene rings is 2. The SMILES string of the molecule is COc1ccc(OCCCNc2ccc3ncccc3c2[N+](=O)[O-])cc1. The van der Waals surface area contributed by atoms with Crippen molar-refractivity contribution in [2.24, 2.45) is 0 Å². The Morgan fingerprint density at radius 3 is 2.62 bits per heavy atom. The lowest BCUT2D eigenvalue weighted by molar-refractivity contribution is -0.382. The monoisotopic (exact) mass is 353 g/mol. The van der Waals surface area contributed by atoms with Crippen molar-refractivity contribution in [3.63, 3.8) is 0 Å². The van der Waals surface area contributed by atoms with E-state index in [4.69, 9.17) is 9.47 Å². The van der Waals surface area contributed by atoms with Gasteiger partial charge in [-0.15, -0.1) is 0 Å². The first-order valence-corrected chi connectivity index (χ1v) is 8.22. The number of nitrogens with one attached hydrogen (secondary N) is 1. The minimum Gasteiger partial charge on any atom is -0.497 e. The Kier molecular flexibility index (Phi) is 5.48. The molecule has 7 nitrogen and oxygen atoms in total. The van der Waals surface area contributed by atoms with Crippen molar-refractivity contribution in [3.05, 3.63) is 64.8 Å². The Hall–Kier alpha value is -3.35. The van der Waals surface area contributed by atoms with Gasteiger partial charge in [-0.25, -0.2) is 0 Å². The zero-order chi connectivity index (χ0) is 18.4. The van der Waals surface area contributed by atoms with E-state index in [9.17, 15) is 10.1 Å². The van der Waals surface area contributed by atoms with Crippen LogP contribution in [0.2, 0.25) is 0 Å². The summed E-state index contributed by atoms with van der Waals surface area (Å²) in [5.41, 5.74) is 1.14. The molecule has 0 saturated heterocycles. The first kappa shape index (κ1) is 17.5. The molecule has 1 aromatic heterocycles. The summed E-state index contributed by atoms with van der Waals surface area (Å²) < 4.78 is 10.7. The van der Waals surface area contributed by atoms with Gasteiger partial charge in [0.1, 0.15) is 17.2 Å². The third-order valence-electron chi connectivity index (χ3n) is 3.90. The van der Waals surface area contributed by atoms with E-state index in [1.165, 1.54) is 0 Å². The van der Waals surface area contributed by atoms with Crippen LogP contribution >= 0.6 is 0 Å². The van der Waals surface area contributed by atoms with Crippen molar-refractivity contribution in [1.82, 2.24) is 4.98 Å². The second-order valence-corrected chi connectivity index (χ2v) is 5.59. The van der Waals surface area contributed by atoms with Gasteiger partial charge >= 0.3 is 5.69 Å². The van der Waals surface area contributed by atoms with E-state index in [1.807, 2.05) is 24.3 Å². The fourth-order valence-electron chi connectivity index (χ4n) is 2.63. The van der Waals surface area contributed by atoms with Gasteiger partial charge in [0, 0.05) is 12.7 Å². The summed E-state index contributed by atoms with van der Waals surface area (Å²) in [5, 5.41) is 15.1. The molecule has 3 rings (SSSR count). The number of nitro benzene ring substituents is 1. The van der Waals surface area contributed by atoms with E-state index in [0.717, 1.165) is 11.5 Å². The van der Waals surface area contributed by atoms with Crippen molar-refractivity contribution in [1.29, 1.82) is 0 Å². The van der Waals surface area contributed by atoms with E-state index in [0.29, 0.717) is 36.2 Å². The second-order valence-electron chi connectivity index (χ2n) is 5.59. The number of hydrogen-bond donors (Lipinski definition) is 1. The normalized spacial score (nSPS) is 10.5. The van der Waals surface area contributed by atoms with Crippen LogP contribution in [0, 0.1) is 10.1 Å². The highest BCUT2D eigenvalue weighted by molar-refractivity contribution is 5.94. The van der Waals surface area contributed by atoms with Crippen molar-refractivity contribution >= 4 is 22.3 Å². The molecule has 0 atom stereocenters. The first-order chi connectivity index (χ1) is 12.7. The topological polar surface area (TPSA) is 86.5 Å². The van der Waals surface area contributed by atoms with Crippen LogP contribution in [-0.4, -0.2) is 30.2 Å². The fraction of sp³-hybridized carbons (Fsp3) is 0.211. The number of nitrogens with zero attached hydrogens (tertiary/aromatic N) is 2. The summed E-state index contributed by atoms with van der Waals surface area (Å²) in [6.45, 7) is 1.06. The van der Waals surface area contributed by atoms with Crippen LogP contribution in [0.1, 0.15) is 6.42 Å². The zero-order valence-electron chi connectivity index (χ0n) is 14.3. The summed E-state index contributed by atoms with van der Waals surface area (Å²) in [5.74, 6) is 1.53. The average Bonchev–Trinajstić information content (AvgIpc) is 2.67. The predicted octanol–water partition coefficient (Wildman–Crippen LogP) is 4.03. The number of aromatic nitrogens is 1. The maximum Gasteiger partial charge on any atom is 0.301 e. The molecule has 7 heteroatoms. The Morgan fingerprint density at radius 1 is 1.12 bits per heavy atom. The largest absolute Gasteiger partial charge is 0.497 e. The second kappa shape index (κ2) is 8.15. The van der Waals surface area contributed by atoms with Gasteiger partial charge in [0.05, 0.1) is 29.5 Å². The van der Waals surface area contributed by atoms with Crippen molar-refractivity contribution in [2.75, 3.05) is 25.6 Å². The molecular formula is C19H19N3O4. The molecule has 0 unspecified atom stereocenters. The third kappa shape index (κ3) is 4.00. The molecule has 1 N–H and O–H groups in total. The minimum atomic E-state index is -0.375. The lowest BCUT2D eigenvalue weighted by Gasteiger charge is -2.10. The number of fused-ring (bicyclic) bond motifs is 1. The molecule has 0 saturated carbocycles. The molecule has 3 aromatic rings. The van der Waals surface area contributed by atoms with Crippen LogP contribution in [0.5, 0.6) is 11.5 Å². The van der Waals surface area contributed by atoms with Crippen LogP contribution in [0.15, 0.2) is 54.7 Å². The maximum absolute atomic E-state index is 11.5. The van der Waals surface area contributed by atoms with Crippen LogP contribution in [0.4, 0.5) is 11.4 Å². The van der Waals surface area contributed by atoms with Gasteiger partial charge in [-0.1, -0.05) is 0 Å². The molecule has 0 spiro atoms. The molecule has 0 fully saturated rings. The van der Waals surface area contributed by atoms with Gasteiger partial charge in [-0.2, -0.15) is 0 Å². The molecule has 0 aliphatic carbocycles. The molecule has 0 bridgehead atoms. The van der Waals surface area contributed by atoms with E-state index in [-0.39, 0.29) is 10.6 Å². The summed E-state index contributed by atoms with van der Waals surface area (Å²) in [7, 11) is 1.61. The number of ether oxygens (including phenoxy) is 2. The van der Waals surface area contributed by atoms with Crippen LogP contribution in [0.3, 0.4) is 0 Å². The molecule has 0 radical (unpaired) electrons. The summed E-state index contributed by atoms with van der Waals surface area (Å²) >= 11 is 0. The molecule has 1 heterocycles. The average molecular weight is 353 g/mol. The summed E-state index contributed by atoms with van der Waals surface area (Å²) in [4.78, 5) is 15.2. The summed E-state index contributed by atoms with van der Waals surface area (Å²) in [6.07, 6.45) is 2.32. The number of nitro groups is 1. The van der Waals surface area contributed by atoms with Crippen molar-refractivity contribution < 1.29 is 14.4 Å². The Balaban J connectivity index is 1.57. The lowest BCUT2D eigenvalue weighted by atomic mass is 10.1. The van der Waals surface area contributed by atoms with Gasteiger partial charge in [0.25, 0.3) is 0 Å². The summed E-state index contributed by atoms with van der Waals surface area (Å²) in [6, 6.07) is 14.2. The molecule has 26 heavy (non-hydrogen) atoms. The lowest BCUT2D eigenvalue weighted by Crippen LogP contribution is -2.09. The quantitative estimate of drug-likeness (QED) is 0.374. The molecular weight excluding hydrogens is 334 g/mol. The highest BCUT2D eigenvalue weighted by Crippen LogP contribution is 2.32. The van der Waals surface area contributed by atoms with Gasteiger partial charge in [0.15, 0.2) is 0 Å². The standard InChI is InChI=1S/C19H19N3O4/c1-25-14-5-7-15(8-6-14)26-13-3-12-21-18-10-9-17-16(4-2-11-20-17)19(18)22(23)24/h2,4-11,21H,3,12-13H2,1H3. The molecule has 0 amide bonds. The van der Waals surface area contributed by atoms with E-state index >= 15 is 0 Å². The van der Waals surface area contributed by atoms with Gasteiger partial charge in [-0.05, 0) is 55.0 Å². The maximum atomic E-state index is 11.5. The minimum absolute atomic E-state index is 0.0478. The van der Waals surface area contributed by atoms with Crippen LogP contribution in [-0.2, 0) is 0 Å². The van der Waals surface area contributed by atoms with Gasteiger partial charge < -0.3 is 14.8 Å². The van der Waals surface area contributed by atoms with Crippen molar-refractivity contribution in [2.45, 2.75) is 6.42 Å². The zero-order valence-corrected chi connectivity index (χ0v) is 14.3. The van der Waals surface area contributed by atoms with E-state index in [1.54, 1.807) is 37.6 Å². The van der Waals surface area contributed by atoms with Gasteiger partial charge in [0.2, 0.25) is 0 Å². The predicted molar refractivity (Wildman–Crippen MR) is 100.0 cm³/mol. The molecule has 0 aliphatic rings. The fourth-order valence-corrected chi connectivity index (χ4v) is 2.63. The number of pyridine rings is 1. The highest BCUT2D eigenvalue weighted by atomic mass is 16.6. The van der Waals surface area contributed by atoms with Gasteiger partial charge in [-0.3, -0.25) is 15.1 Å². The van der Waals surface area contributed by atoms with E-state index in [2.05, 4.69) is 10.3 Å². The molecule has 2 aromatic carbocycles. The number of rotatable bonds is 8. The molecule has 0 aliphatic heterocycles. The third-order valence-corrected chi connectivity index (χ3v) is 3.90. The number of anilines is 1.